The van der Waals surface area contributed by atoms with E-state index in [4.69, 9.17) is 25.0 Å². The number of H-pyrrole nitrogens is 1. The van der Waals surface area contributed by atoms with Crippen LogP contribution in [0.1, 0.15) is 66.2 Å². The molecule has 0 aliphatic heterocycles. The molecule has 13 nitrogen and oxygen atoms in total. The molecule has 4 N–H and O–H groups in total. The fraction of sp³-hybridized carbons (Fsp3) is 0.255. The van der Waals surface area contributed by atoms with E-state index in [1.807, 2.05) is 54.4 Å². The minimum Gasteiger partial charge on any atom is -0.508 e. The maximum absolute atomic E-state index is 14.5. The molecule has 0 amide bonds. The normalized spacial score (nSPS) is 14.4. The summed E-state index contributed by atoms with van der Waals surface area (Å²) in [6.45, 7) is 9.05. The highest BCUT2D eigenvalue weighted by Gasteiger charge is 2.25. The Kier molecular flexibility index (Phi) is 9.61. The van der Waals surface area contributed by atoms with E-state index in [1.54, 1.807) is 18.5 Å². The zero-order valence-electron chi connectivity index (χ0n) is 34.4. The van der Waals surface area contributed by atoms with Crippen LogP contribution in [-0.4, -0.2) is 66.8 Å². The van der Waals surface area contributed by atoms with E-state index in [-0.39, 0.29) is 23.8 Å². The number of hydrogen-bond donors (Lipinski definition) is 4. The molecule has 7 heterocycles. The molecule has 0 spiro atoms. The molecule has 14 heteroatoms. The molecule has 7 aromatic heterocycles. The van der Waals surface area contributed by atoms with Crippen molar-refractivity contribution in [1.82, 2.24) is 49.1 Å². The molecule has 10 rings (SSSR count). The largest absolute Gasteiger partial charge is 0.508 e. The lowest BCUT2D eigenvalue weighted by Gasteiger charge is -2.17. The molecule has 61 heavy (non-hydrogen) atoms. The fourth-order valence-electron chi connectivity index (χ4n) is 8.71. The fourth-order valence-corrected chi connectivity index (χ4v) is 8.71. The third-order valence-electron chi connectivity index (χ3n) is 11.7. The van der Waals surface area contributed by atoms with Crippen LogP contribution in [0.4, 0.5) is 16.0 Å². The van der Waals surface area contributed by atoms with Crippen molar-refractivity contribution in [2.45, 2.75) is 71.4 Å². The van der Waals surface area contributed by atoms with Gasteiger partial charge in [-0.25, -0.2) is 24.3 Å². The summed E-state index contributed by atoms with van der Waals surface area (Å²) in [6.07, 6.45) is 13.2. The van der Waals surface area contributed by atoms with Gasteiger partial charge in [0.2, 0.25) is 0 Å². The number of pyridine rings is 2. The van der Waals surface area contributed by atoms with Crippen molar-refractivity contribution in [1.29, 1.82) is 0 Å². The highest BCUT2D eigenvalue weighted by Crippen LogP contribution is 2.34. The number of para-hydroxylation sites is 1. The summed E-state index contributed by atoms with van der Waals surface area (Å²) in [5.74, 6) is 1.87. The highest BCUT2D eigenvalue weighted by atomic mass is 19.1. The van der Waals surface area contributed by atoms with Crippen LogP contribution < -0.4 is 10.6 Å². The standard InChI is InChI=1S/C47H45FN12O/c1-26(2)59-25-52-43-45(57-44(58-47(43)59)32-13-27(3)20-49-22-32)51-12-11-37-36-7-5-6-8-39(36)55-41(37)14-28(4)38-24-53-60-42(54-34-16-29-9-10-35(61)18-30(29)17-34)19-40(56-46(38)60)31-15-33(48)23-50-21-31/h5-10,13,15,18-26,28,34,54-55,61H,11-12,14,16-17H2,1-4H3,(H,51,57,58). The van der Waals surface area contributed by atoms with Crippen LogP contribution in [0.15, 0.2) is 98.0 Å². The number of phenolic OH excluding ortho intramolecular Hbond substituents is 1. The van der Waals surface area contributed by atoms with Crippen LogP contribution >= 0.6 is 0 Å². The summed E-state index contributed by atoms with van der Waals surface area (Å²) in [5.41, 5.74) is 12.0. The summed E-state index contributed by atoms with van der Waals surface area (Å²) in [4.78, 5) is 32.0. The number of hydrogen-bond acceptors (Lipinski definition) is 10. The molecular weight excluding hydrogens is 768 g/mol. The molecule has 1 aliphatic rings. The first-order chi connectivity index (χ1) is 29.6. The van der Waals surface area contributed by atoms with Crippen LogP contribution in [0.25, 0.3) is 50.4 Å². The van der Waals surface area contributed by atoms with Gasteiger partial charge in [0, 0.05) is 76.6 Å². The number of aryl methyl sites for hydroxylation is 1. The van der Waals surface area contributed by atoms with Crippen molar-refractivity contribution in [2.75, 3.05) is 17.2 Å². The van der Waals surface area contributed by atoms with E-state index >= 15 is 0 Å². The molecule has 2 aromatic carbocycles. The van der Waals surface area contributed by atoms with Gasteiger partial charge in [-0.3, -0.25) is 9.97 Å². The van der Waals surface area contributed by atoms with Crippen LogP contribution in [-0.2, 0) is 25.7 Å². The molecule has 2 unspecified atom stereocenters. The van der Waals surface area contributed by atoms with Crippen LogP contribution in [0.2, 0.25) is 0 Å². The number of aromatic amines is 1. The Morgan fingerprint density at radius 2 is 1.72 bits per heavy atom. The van der Waals surface area contributed by atoms with Gasteiger partial charge in [0.25, 0.3) is 0 Å². The van der Waals surface area contributed by atoms with E-state index in [0.29, 0.717) is 41.5 Å². The Morgan fingerprint density at radius 3 is 2.57 bits per heavy atom. The molecule has 2 atom stereocenters. The van der Waals surface area contributed by atoms with E-state index in [9.17, 15) is 9.50 Å². The third kappa shape index (κ3) is 7.27. The van der Waals surface area contributed by atoms with Crippen LogP contribution in [0.3, 0.4) is 0 Å². The van der Waals surface area contributed by atoms with Crippen molar-refractivity contribution in [3.63, 3.8) is 0 Å². The van der Waals surface area contributed by atoms with Gasteiger partial charge in [-0.1, -0.05) is 31.2 Å². The molecule has 0 fully saturated rings. The lowest BCUT2D eigenvalue weighted by Crippen LogP contribution is -2.21. The van der Waals surface area contributed by atoms with E-state index in [1.165, 1.54) is 28.8 Å². The van der Waals surface area contributed by atoms with Gasteiger partial charge >= 0.3 is 0 Å². The number of phenols is 1. The lowest BCUT2D eigenvalue weighted by atomic mass is 9.95. The molecule has 0 saturated carbocycles. The monoisotopic (exact) mass is 812 g/mol. The SMILES string of the molecule is Cc1cncc(-c2nc(NCCc3c(CC(C)c4cnn5c(NC6Cc7ccc(O)cc7C6)cc(-c6cncc(F)c6)nc45)[nH]c4ccccc34)c3ncn(C(C)C)c3n2)c1. The Bertz CT molecular complexity index is 3090. The van der Waals surface area contributed by atoms with Crippen molar-refractivity contribution in [3.8, 4) is 28.4 Å². The first kappa shape index (κ1) is 38.0. The first-order valence-corrected chi connectivity index (χ1v) is 20.7. The van der Waals surface area contributed by atoms with E-state index in [2.05, 4.69) is 75.2 Å². The minimum absolute atomic E-state index is 0.00389. The van der Waals surface area contributed by atoms with Crippen molar-refractivity contribution < 1.29 is 9.50 Å². The second-order valence-electron chi connectivity index (χ2n) is 16.4. The topological polar surface area (TPSA) is 160 Å². The number of aromatic nitrogens is 10. The maximum Gasteiger partial charge on any atom is 0.166 e. The Labute approximate surface area is 351 Å². The number of benzene rings is 2. The van der Waals surface area contributed by atoms with Crippen LogP contribution in [0.5, 0.6) is 5.75 Å². The van der Waals surface area contributed by atoms with Crippen LogP contribution in [0, 0.1) is 12.7 Å². The number of nitrogens with one attached hydrogen (secondary N) is 3. The number of nitrogens with zero attached hydrogens (tertiary/aromatic N) is 9. The summed E-state index contributed by atoms with van der Waals surface area (Å²) in [6, 6.07) is 19.6. The second kappa shape index (κ2) is 15.4. The summed E-state index contributed by atoms with van der Waals surface area (Å²) in [5, 5.41) is 23.5. The maximum atomic E-state index is 14.5. The molecule has 1 aliphatic carbocycles. The minimum atomic E-state index is -0.430. The van der Waals surface area contributed by atoms with Gasteiger partial charge < -0.3 is 25.3 Å². The smallest absolute Gasteiger partial charge is 0.166 e. The molecule has 306 valence electrons. The number of rotatable bonds is 12. The molecule has 0 saturated heterocycles. The Morgan fingerprint density at radius 1 is 0.885 bits per heavy atom. The van der Waals surface area contributed by atoms with E-state index < -0.39 is 5.82 Å². The number of anilines is 2. The van der Waals surface area contributed by atoms with Gasteiger partial charge in [-0.2, -0.15) is 9.61 Å². The predicted octanol–water partition coefficient (Wildman–Crippen LogP) is 8.79. The van der Waals surface area contributed by atoms with Gasteiger partial charge in [0.15, 0.2) is 22.9 Å². The van der Waals surface area contributed by atoms with E-state index in [0.717, 1.165) is 69.7 Å². The number of fused-ring (bicyclic) bond motifs is 4. The third-order valence-corrected chi connectivity index (χ3v) is 11.7. The molecule has 0 radical (unpaired) electrons. The average Bonchev–Trinajstić information content (AvgIpc) is 4.05. The molecule has 0 bridgehead atoms. The Balaban J connectivity index is 0.959. The quantitative estimate of drug-likeness (QED) is 0.0939. The van der Waals surface area contributed by atoms with Crippen molar-refractivity contribution in [2.24, 2.45) is 0 Å². The first-order valence-electron chi connectivity index (χ1n) is 20.7. The highest BCUT2D eigenvalue weighted by molar-refractivity contribution is 5.86. The number of aromatic hydroxyl groups is 1. The van der Waals surface area contributed by atoms with Gasteiger partial charge in [-0.05, 0) is 105 Å². The van der Waals surface area contributed by atoms with Gasteiger partial charge in [0.1, 0.15) is 22.9 Å². The van der Waals surface area contributed by atoms with Crippen molar-refractivity contribution in [3.05, 3.63) is 137 Å². The Hall–Kier alpha value is -7.22. The van der Waals surface area contributed by atoms with Gasteiger partial charge in [-0.15, -0.1) is 0 Å². The molecular formula is C47H45FN12O. The van der Waals surface area contributed by atoms with Gasteiger partial charge in [0.05, 0.1) is 24.4 Å². The second-order valence-corrected chi connectivity index (χ2v) is 16.4. The average molecular weight is 813 g/mol. The zero-order chi connectivity index (χ0) is 41.8. The summed E-state index contributed by atoms with van der Waals surface area (Å²) < 4.78 is 18.4. The lowest BCUT2D eigenvalue weighted by molar-refractivity contribution is 0.474. The summed E-state index contributed by atoms with van der Waals surface area (Å²) >= 11 is 0. The molecule has 9 aromatic rings. The summed E-state index contributed by atoms with van der Waals surface area (Å²) in [7, 11) is 0. The zero-order valence-corrected chi connectivity index (χ0v) is 34.4. The predicted molar refractivity (Wildman–Crippen MR) is 235 cm³/mol. The number of halogens is 1. The van der Waals surface area contributed by atoms with Crippen molar-refractivity contribution >= 4 is 39.3 Å². The number of imidazole rings is 1.